The van der Waals surface area contributed by atoms with Gasteiger partial charge in [0.1, 0.15) is 5.78 Å². The third kappa shape index (κ3) is 6.39. The molecule has 2 aromatic rings. The number of aliphatic carboxylic acids is 1. The number of carbonyl (C=O) groups excluding carboxylic acids is 2. The van der Waals surface area contributed by atoms with E-state index in [1.807, 2.05) is 0 Å². The van der Waals surface area contributed by atoms with Crippen LogP contribution in [0, 0.1) is 5.92 Å². The Labute approximate surface area is 202 Å². The molecule has 1 aliphatic carbocycles. The van der Waals surface area contributed by atoms with Gasteiger partial charge in [-0.25, -0.2) is 0 Å². The summed E-state index contributed by atoms with van der Waals surface area (Å²) in [5, 5.41) is 12.4. The summed E-state index contributed by atoms with van der Waals surface area (Å²) in [4.78, 5) is 44.9. The lowest BCUT2D eigenvalue weighted by atomic mass is 9.97. The Hall–Kier alpha value is -2.77. The third-order valence-electron chi connectivity index (χ3n) is 5.59. The van der Waals surface area contributed by atoms with Gasteiger partial charge in [0.15, 0.2) is 0 Å². The van der Waals surface area contributed by atoms with Crippen LogP contribution in [-0.2, 0) is 9.59 Å². The van der Waals surface area contributed by atoms with E-state index in [1.54, 1.807) is 24.3 Å². The summed E-state index contributed by atoms with van der Waals surface area (Å²) in [5.74, 6) is -1.48. The maximum atomic E-state index is 12.6. The molecule has 2 N–H and O–H groups in total. The number of amides is 1. The molecular formula is C24H25Cl2N3O4. The largest absolute Gasteiger partial charge is 0.481 e. The van der Waals surface area contributed by atoms with Gasteiger partial charge < -0.3 is 10.4 Å². The van der Waals surface area contributed by atoms with E-state index in [4.69, 9.17) is 28.2 Å². The fraction of sp³-hybridized carbons (Fsp3) is 0.375. The first-order valence-corrected chi connectivity index (χ1v) is 11.6. The molecule has 0 spiro atoms. The van der Waals surface area contributed by atoms with Crippen molar-refractivity contribution in [1.29, 1.82) is 0 Å². The van der Waals surface area contributed by atoms with Gasteiger partial charge in [0.25, 0.3) is 5.91 Å². The molecule has 1 aromatic carbocycles. The molecule has 0 bridgehead atoms. The number of aromatic nitrogens is 1. The van der Waals surface area contributed by atoms with Gasteiger partial charge >= 0.3 is 5.97 Å². The van der Waals surface area contributed by atoms with Crippen LogP contribution in [0.1, 0.15) is 67.4 Å². The van der Waals surface area contributed by atoms with Crippen molar-refractivity contribution >= 4 is 52.3 Å². The number of pyridine rings is 1. The summed E-state index contributed by atoms with van der Waals surface area (Å²) < 4.78 is 0. The average molecular weight is 490 g/mol. The molecule has 0 saturated heterocycles. The number of ketones is 1. The van der Waals surface area contributed by atoms with Gasteiger partial charge in [-0.3, -0.25) is 24.4 Å². The molecule has 7 nitrogen and oxygen atoms in total. The number of nitrogens with zero attached hydrogens (tertiary/aromatic N) is 2. The lowest BCUT2D eigenvalue weighted by Gasteiger charge is -2.16. The second kappa shape index (κ2) is 11.4. The van der Waals surface area contributed by atoms with Crippen LogP contribution in [0.25, 0.3) is 0 Å². The van der Waals surface area contributed by atoms with Crippen molar-refractivity contribution in [2.75, 3.05) is 5.32 Å². The standard InChI is InChI=1S/C24H25Cl2N3O4/c1-2-3-4-16-19(9-10-21(16)30)29-20(11-22(31)32)14-5-7-15(8-6-14)28-24(33)23-17(25)12-27-13-18(23)26/h5-8,12-13,16,20H,2-4,9-11H2,1H3,(H,28,33)(H,31,32). The quantitative estimate of drug-likeness (QED) is 0.464. The minimum Gasteiger partial charge on any atom is -0.481 e. The highest BCUT2D eigenvalue weighted by atomic mass is 35.5. The number of carboxylic acid groups (broad SMARTS) is 1. The molecule has 1 amide bonds. The molecule has 2 unspecified atom stereocenters. The summed E-state index contributed by atoms with van der Waals surface area (Å²) in [5.41, 5.74) is 2.10. The van der Waals surface area contributed by atoms with E-state index in [1.165, 1.54) is 12.4 Å². The highest BCUT2D eigenvalue weighted by Gasteiger charge is 2.31. The van der Waals surface area contributed by atoms with E-state index in [9.17, 15) is 19.5 Å². The zero-order valence-electron chi connectivity index (χ0n) is 18.2. The summed E-state index contributed by atoms with van der Waals surface area (Å²) in [6.45, 7) is 2.07. The molecule has 1 aromatic heterocycles. The van der Waals surface area contributed by atoms with Crippen molar-refractivity contribution in [3.63, 3.8) is 0 Å². The molecule has 33 heavy (non-hydrogen) atoms. The molecule has 1 aliphatic rings. The van der Waals surface area contributed by atoms with E-state index in [0.29, 0.717) is 24.1 Å². The Bertz CT molecular complexity index is 1050. The molecule has 0 radical (unpaired) electrons. The normalized spacial score (nSPS) is 17.8. The first kappa shape index (κ1) is 24.9. The summed E-state index contributed by atoms with van der Waals surface area (Å²) >= 11 is 12.1. The van der Waals surface area contributed by atoms with Gasteiger partial charge in [0, 0.05) is 30.2 Å². The predicted octanol–water partition coefficient (Wildman–Crippen LogP) is 5.77. The SMILES string of the molecule is CCCCC1C(=O)CCC1=NC(CC(=O)O)c1ccc(NC(=O)c2c(Cl)cncc2Cl)cc1. The monoisotopic (exact) mass is 489 g/mol. The number of unbranched alkanes of at least 4 members (excludes halogenated alkanes) is 1. The summed E-state index contributed by atoms with van der Waals surface area (Å²) in [6.07, 6.45) is 6.18. The minimum atomic E-state index is -0.974. The Morgan fingerprint density at radius 2 is 1.85 bits per heavy atom. The maximum absolute atomic E-state index is 12.6. The van der Waals surface area contributed by atoms with Crippen LogP contribution >= 0.6 is 23.2 Å². The average Bonchev–Trinajstić information content (AvgIpc) is 3.11. The van der Waals surface area contributed by atoms with E-state index in [2.05, 4.69) is 17.2 Å². The molecule has 1 saturated carbocycles. The van der Waals surface area contributed by atoms with Crippen molar-refractivity contribution in [3.05, 3.63) is 57.8 Å². The molecule has 3 rings (SSSR count). The Morgan fingerprint density at radius 1 is 1.18 bits per heavy atom. The number of nitrogens with one attached hydrogen (secondary N) is 1. The number of hydrogen-bond acceptors (Lipinski definition) is 5. The molecular weight excluding hydrogens is 465 g/mol. The highest BCUT2D eigenvalue weighted by molar-refractivity contribution is 6.40. The van der Waals surface area contributed by atoms with Crippen LogP contribution in [0.5, 0.6) is 0 Å². The van der Waals surface area contributed by atoms with Gasteiger partial charge in [-0.2, -0.15) is 0 Å². The summed E-state index contributed by atoms with van der Waals surface area (Å²) in [7, 11) is 0. The number of carbonyl (C=O) groups is 3. The zero-order valence-corrected chi connectivity index (χ0v) is 19.7. The van der Waals surface area contributed by atoms with Crippen molar-refractivity contribution in [3.8, 4) is 0 Å². The molecule has 1 heterocycles. The topological polar surface area (TPSA) is 109 Å². The van der Waals surface area contributed by atoms with Gasteiger partial charge in [-0.1, -0.05) is 55.1 Å². The third-order valence-corrected chi connectivity index (χ3v) is 6.16. The highest BCUT2D eigenvalue weighted by Crippen LogP contribution is 2.30. The number of hydrogen-bond donors (Lipinski definition) is 2. The summed E-state index contributed by atoms with van der Waals surface area (Å²) in [6, 6.07) is 6.17. The van der Waals surface area contributed by atoms with Gasteiger partial charge in [-0.15, -0.1) is 0 Å². The fourth-order valence-corrected chi connectivity index (χ4v) is 4.43. The second-order valence-electron chi connectivity index (χ2n) is 7.95. The van der Waals surface area contributed by atoms with Crippen molar-refractivity contribution in [2.45, 2.75) is 51.5 Å². The van der Waals surface area contributed by atoms with Crippen LogP contribution in [-0.4, -0.2) is 33.5 Å². The van der Waals surface area contributed by atoms with Crippen molar-refractivity contribution in [2.24, 2.45) is 10.9 Å². The Kier molecular flexibility index (Phi) is 8.58. The van der Waals surface area contributed by atoms with Gasteiger partial charge in [-0.05, 0) is 30.5 Å². The number of benzene rings is 1. The lowest BCUT2D eigenvalue weighted by molar-refractivity contribution is -0.137. The number of halogens is 2. The molecule has 0 aliphatic heterocycles. The van der Waals surface area contributed by atoms with Crippen LogP contribution in [0.15, 0.2) is 41.7 Å². The number of aliphatic imine (C=N–C) groups is 1. The van der Waals surface area contributed by atoms with Crippen molar-refractivity contribution in [1.82, 2.24) is 4.98 Å². The molecule has 1 fully saturated rings. The first-order chi connectivity index (χ1) is 15.8. The Balaban J connectivity index is 1.80. The second-order valence-corrected chi connectivity index (χ2v) is 8.76. The van der Waals surface area contributed by atoms with Gasteiger partial charge in [0.05, 0.1) is 34.0 Å². The van der Waals surface area contributed by atoms with Crippen molar-refractivity contribution < 1.29 is 19.5 Å². The number of carboxylic acids is 1. The lowest BCUT2D eigenvalue weighted by Crippen LogP contribution is -2.16. The van der Waals surface area contributed by atoms with Gasteiger partial charge in [0.2, 0.25) is 0 Å². The molecule has 9 heteroatoms. The van der Waals surface area contributed by atoms with E-state index < -0.39 is 17.9 Å². The zero-order chi connectivity index (χ0) is 24.0. The maximum Gasteiger partial charge on any atom is 0.305 e. The van der Waals surface area contributed by atoms with E-state index >= 15 is 0 Å². The number of Topliss-reactive ketones (excluding diaryl/α,β-unsaturated/α-hetero) is 1. The van der Waals surface area contributed by atoms with E-state index in [-0.39, 0.29) is 33.7 Å². The fourth-order valence-electron chi connectivity index (χ4n) is 3.89. The first-order valence-electron chi connectivity index (χ1n) is 10.8. The smallest absolute Gasteiger partial charge is 0.305 e. The predicted molar refractivity (Wildman–Crippen MR) is 128 cm³/mol. The van der Waals surface area contributed by atoms with Crippen LogP contribution in [0.2, 0.25) is 10.0 Å². The molecule has 174 valence electrons. The Morgan fingerprint density at radius 3 is 2.45 bits per heavy atom. The van der Waals surface area contributed by atoms with Crippen LogP contribution in [0.3, 0.4) is 0 Å². The van der Waals surface area contributed by atoms with Crippen LogP contribution < -0.4 is 5.32 Å². The molecule has 2 atom stereocenters. The minimum absolute atomic E-state index is 0.122. The number of rotatable bonds is 9. The number of anilines is 1. The van der Waals surface area contributed by atoms with Crippen LogP contribution in [0.4, 0.5) is 5.69 Å². The van der Waals surface area contributed by atoms with E-state index in [0.717, 1.165) is 25.0 Å².